The summed E-state index contributed by atoms with van der Waals surface area (Å²) in [4.78, 5) is 4.07. The molecule has 0 aliphatic heterocycles. The summed E-state index contributed by atoms with van der Waals surface area (Å²) in [6, 6.07) is 3.47. The molecular weight excluding hydrogens is 178 g/mol. The maximum atomic E-state index is 9.54. The molecule has 0 aromatic carbocycles. The van der Waals surface area contributed by atoms with Crippen LogP contribution >= 0.6 is 0 Å². The number of pyridine rings is 1. The second kappa shape index (κ2) is 4.81. The van der Waals surface area contributed by atoms with Crippen LogP contribution in [0, 0.1) is 5.92 Å². The molecule has 1 atom stereocenters. The van der Waals surface area contributed by atoms with Crippen molar-refractivity contribution in [2.75, 3.05) is 17.6 Å². The zero-order chi connectivity index (χ0) is 10.6. The van der Waals surface area contributed by atoms with Crippen molar-refractivity contribution < 1.29 is 5.11 Å². The van der Waals surface area contributed by atoms with E-state index in [1.165, 1.54) is 0 Å². The van der Waals surface area contributed by atoms with Gasteiger partial charge in [-0.2, -0.15) is 0 Å². The molecule has 0 bridgehead atoms. The van der Waals surface area contributed by atoms with E-state index < -0.39 is 0 Å². The standard InChI is InChI=1S/C10H17N3O/c1-7(2)9(14)6-13-10-5-8(11)3-4-12-10/h3-5,7,9,14H,6H2,1-2H3,(H3,11,12,13). The molecule has 0 saturated carbocycles. The quantitative estimate of drug-likeness (QED) is 0.672. The molecule has 4 heteroatoms. The molecule has 1 aromatic rings. The normalized spacial score (nSPS) is 12.9. The number of aromatic nitrogens is 1. The first-order chi connectivity index (χ1) is 6.59. The van der Waals surface area contributed by atoms with E-state index >= 15 is 0 Å². The van der Waals surface area contributed by atoms with Crippen LogP contribution < -0.4 is 11.1 Å². The third-order valence-corrected chi connectivity index (χ3v) is 2.05. The van der Waals surface area contributed by atoms with Gasteiger partial charge in [0.15, 0.2) is 0 Å². The van der Waals surface area contributed by atoms with E-state index in [0.29, 0.717) is 18.1 Å². The van der Waals surface area contributed by atoms with Gasteiger partial charge in [0.2, 0.25) is 0 Å². The van der Waals surface area contributed by atoms with Crippen molar-refractivity contribution in [3.8, 4) is 0 Å². The molecule has 0 aliphatic carbocycles. The number of aliphatic hydroxyl groups excluding tert-OH is 1. The molecule has 0 fully saturated rings. The third-order valence-electron chi connectivity index (χ3n) is 2.05. The molecule has 1 rings (SSSR count). The van der Waals surface area contributed by atoms with Gasteiger partial charge in [-0.25, -0.2) is 4.98 Å². The largest absolute Gasteiger partial charge is 0.399 e. The van der Waals surface area contributed by atoms with Gasteiger partial charge in [0.1, 0.15) is 5.82 Å². The molecule has 0 radical (unpaired) electrons. The van der Waals surface area contributed by atoms with Gasteiger partial charge < -0.3 is 16.2 Å². The molecular formula is C10H17N3O. The van der Waals surface area contributed by atoms with Crippen molar-refractivity contribution in [2.45, 2.75) is 20.0 Å². The lowest BCUT2D eigenvalue weighted by Gasteiger charge is -2.15. The molecule has 4 nitrogen and oxygen atoms in total. The smallest absolute Gasteiger partial charge is 0.128 e. The van der Waals surface area contributed by atoms with Crippen molar-refractivity contribution in [1.29, 1.82) is 0 Å². The number of hydrogen-bond donors (Lipinski definition) is 3. The van der Waals surface area contributed by atoms with Crippen molar-refractivity contribution in [2.24, 2.45) is 5.92 Å². The summed E-state index contributed by atoms with van der Waals surface area (Å²) in [7, 11) is 0. The molecule has 14 heavy (non-hydrogen) atoms. The monoisotopic (exact) mass is 195 g/mol. The summed E-state index contributed by atoms with van der Waals surface area (Å²) < 4.78 is 0. The maximum Gasteiger partial charge on any atom is 0.128 e. The van der Waals surface area contributed by atoms with Gasteiger partial charge in [0, 0.05) is 24.5 Å². The number of nitrogens with one attached hydrogen (secondary N) is 1. The molecule has 0 spiro atoms. The number of anilines is 2. The fourth-order valence-corrected chi connectivity index (χ4v) is 0.988. The van der Waals surface area contributed by atoms with Gasteiger partial charge in [-0.1, -0.05) is 13.8 Å². The minimum Gasteiger partial charge on any atom is -0.399 e. The molecule has 4 N–H and O–H groups in total. The van der Waals surface area contributed by atoms with Crippen LogP contribution in [0.1, 0.15) is 13.8 Å². The number of hydrogen-bond acceptors (Lipinski definition) is 4. The third kappa shape index (κ3) is 3.22. The molecule has 0 amide bonds. The van der Waals surface area contributed by atoms with E-state index in [-0.39, 0.29) is 12.0 Å². The van der Waals surface area contributed by atoms with E-state index in [1.807, 2.05) is 13.8 Å². The second-order valence-electron chi connectivity index (χ2n) is 3.67. The molecule has 1 aromatic heterocycles. The van der Waals surface area contributed by atoms with Gasteiger partial charge in [0.25, 0.3) is 0 Å². The Bertz CT molecular complexity index is 288. The highest BCUT2D eigenvalue weighted by Gasteiger charge is 2.08. The lowest BCUT2D eigenvalue weighted by Crippen LogP contribution is -2.25. The molecule has 0 saturated heterocycles. The first-order valence-corrected chi connectivity index (χ1v) is 4.73. The Hall–Kier alpha value is -1.29. The van der Waals surface area contributed by atoms with Crippen LogP contribution in [0.2, 0.25) is 0 Å². The minimum absolute atomic E-state index is 0.239. The van der Waals surface area contributed by atoms with E-state index in [9.17, 15) is 5.11 Å². The summed E-state index contributed by atoms with van der Waals surface area (Å²) >= 11 is 0. The van der Waals surface area contributed by atoms with E-state index in [2.05, 4.69) is 10.3 Å². The number of rotatable bonds is 4. The van der Waals surface area contributed by atoms with E-state index in [4.69, 9.17) is 5.73 Å². The van der Waals surface area contributed by atoms with E-state index in [0.717, 1.165) is 0 Å². The van der Waals surface area contributed by atoms with Crippen LogP contribution in [0.15, 0.2) is 18.3 Å². The Balaban J connectivity index is 2.45. The van der Waals surface area contributed by atoms with Crippen LogP contribution in [0.5, 0.6) is 0 Å². The summed E-state index contributed by atoms with van der Waals surface area (Å²) in [6.07, 6.45) is 1.28. The predicted molar refractivity (Wildman–Crippen MR) is 58.0 cm³/mol. The molecule has 0 aliphatic rings. The second-order valence-corrected chi connectivity index (χ2v) is 3.67. The van der Waals surface area contributed by atoms with Gasteiger partial charge in [0.05, 0.1) is 6.10 Å². The minimum atomic E-state index is -0.363. The van der Waals surface area contributed by atoms with Gasteiger partial charge >= 0.3 is 0 Å². The zero-order valence-corrected chi connectivity index (χ0v) is 8.57. The highest BCUT2D eigenvalue weighted by Crippen LogP contribution is 2.09. The molecule has 1 heterocycles. The Morgan fingerprint density at radius 3 is 2.86 bits per heavy atom. The van der Waals surface area contributed by atoms with Crippen molar-refractivity contribution in [3.63, 3.8) is 0 Å². The molecule has 1 unspecified atom stereocenters. The average Bonchev–Trinajstić information content (AvgIpc) is 2.14. The number of nitrogens with two attached hydrogens (primary N) is 1. The van der Waals surface area contributed by atoms with Crippen molar-refractivity contribution >= 4 is 11.5 Å². The lowest BCUT2D eigenvalue weighted by atomic mass is 10.1. The predicted octanol–water partition coefficient (Wildman–Crippen LogP) is 1.09. The summed E-state index contributed by atoms with van der Waals surface area (Å²) in [6.45, 7) is 4.44. The van der Waals surface area contributed by atoms with Gasteiger partial charge in [-0.05, 0) is 12.0 Å². The fourth-order valence-electron chi connectivity index (χ4n) is 0.988. The van der Waals surface area contributed by atoms with Crippen molar-refractivity contribution in [3.05, 3.63) is 18.3 Å². The summed E-state index contributed by atoms with van der Waals surface area (Å²) in [5.74, 6) is 0.938. The Labute approximate surface area is 84.2 Å². The van der Waals surface area contributed by atoms with Crippen LogP contribution in [0.3, 0.4) is 0 Å². The number of aliphatic hydroxyl groups is 1. The highest BCUT2D eigenvalue weighted by molar-refractivity contribution is 5.48. The van der Waals surface area contributed by atoms with Crippen LogP contribution in [-0.2, 0) is 0 Å². The Morgan fingerprint density at radius 2 is 2.29 bits per heavy atom. The highest BCUT2D eigenvalue weighted by atomic mass is 16.3. The molecule has 78 valence electrons. The van der Waals surface area contributed by atoms with Gasteiger partial charge in [-0.15, -0.1) is 0 Å². The Morgan fingerprint density at radius 1 is 1.57 bits per heavy atom. The SMILES string of the molecule is CC(C)C(O)CNc1cc(N)ccn1. The topological polar surface area (TPSA) is 71.2 Å². The maximum absolute atomic E-state index is 9.54. The first-order valence-electron chi connectivity index (χ1n) is 4.73. The van der Waals surface area contributed by atoms with Gasteiger partial charge in [-0.3, -0.25) is 0 Å². The zero-order valence-electron chi connectivity index (χ0n) is 8.57. The first kappa shape index (κ1) is 10.8. The summed E-state index contributed by atoms with van der Waals surface area (Å²) in [5.41, 5.74) is 6.25. The lowest BCUT2D eigenvalue weighted by molar-refractivity contribution is 0.138. The van der Waals surface area contributed by atoms with Crippen molar-refractivity contribution in [1.82, 2.24) is 4.98 Å². The number of nitrogen functional groups attached to an aromatic ring is 1. The Kier molecular flexibility index (Phi) is 3.71. The van der Waals surface area contributed by atoms with Crippen LogP contribution in [0.25, 0.3) is 0 Å². The number of nitrogens with zero attached hydrogens (tertiary/aromatic N) is 1. The summed E-state index contributed by atoms with van der Waals surface area (Å²) in [5, 5.41) is 12.6. The van der Waals surface area contributed by atoms with E-state index in [1.54, 1.807) is 18.3 Å². The van der Waals surface area contributed by atoms with Crippen LogP contribution in [0.4, 0.5) is 11.5 Å². The fraction of sp³-hybridized carbons (Fsp3) is 0.500. The van der Waals surface area contributed by atoms with Crippen LogP contribution in [-0.4, -0.2) is 22.7 Å². The average molecular weight is 195 g/mol.